The van der Waals surface area contributed by atoms with E-state index in [1.165, 1.54) is 16.7 Å². The minimum Gasteiger partial charge on any atom is -0.485 e. The predicted molar refractivity (Wildman–Crippen MR) is 94.5 cm³/mol. The summed E-state index contributed by atoms with van der Waals surface area (Å²) in [5.41, 5.74) is 0.250. The number of aromatic nitrogens is 2. The van der Waals surface area contributed by atoms with Gasteiger partial charge in [0.25, 0.3) is 0 Å². The number of carbonyl (C=O) groups is 1. The zero-order valence-electron chi connectivity index (χ0n) is 15.3. The van der Waals surface area contributed by atoms with Crippen LogP contribution in [0.5, 0.6) is 5.75 Å². The maximum absolute atomic E-state index is 13.9. The van der Waals surface area contributed by atoms with Gasteiger partial charge in [-0.05, 0) is 30.7 Å². The Bertz CT molecular complexity index is 1100. The summed E-state index contributed by atoms with van der Waals surface area (Å²) in [6, 6.07) is 4.97. The lowest BCUT2D eigenvalue weighted by Crippen LogP contribution is -2.34. The Balaban J connectivity index is 1.76. The van der Waals surface area contributed by atoms with Crippen molar-refractivity contribution in [2.24, 2.45) is 0 Å². The maximum atomic E-state index is 13.9. The second-order valence-corrected chi connectivity index (χ2v) is 7.18. The van der Waals surface area contributed by atoms with Crippen molar-refractivity contribution in [3.63, 3.8) is 0 Å². The van der Waals surface area contributed by atoms with Gasteiger partial charge in [0, 0.05) is 25.0 Å². The summed E-state index contributed by atoms with van der Waals surface area (Å²) < 4.78 is 61.2. The van der Waals surface area contributed by atoms with Crippen LogP contribution in [0.3, 0.4) is 0 Å². The number of hydrogen-bond acceptors (Lipinski definition) is 3. The average molecular weight is 408 g/mol. The molecule has 1 aliphatic carbocycles. The first kappa shape index (κ1) is 19.2. The van der Waals surface area contributed by atoms with Gasteiger partial charge in [0.2, 0.25) is 5.92 Å². The molecule has 0 unspecified atom stereocenters. The van der Waals surface area contributed by atoms with E-state index < -0.39 is 48.9 Å². The highest BCUT2D eigenvalue weighted by molar-refractivity contribution is 5.89. The first-order valence-electron chi connectivity index (χ1n) is 8.85. The number of imidazole rings is 1. The largest absolute Gasteiger partial charge is 0.485 e. The van der Waals surface area contributed by atoms with E-state index >= 15 is 0 Å². The molecule has 0 saturated heterocycles. The molecule has 1 saturated carbocycles. The molecule has 0 spiro atoms. The lowest BCUT2D eigenvalue weighted by atomic mass is 9.78. The molecule has 1 N–H and O–H groups in total. The van der Waals surface area contributed by atoms with Crippen LogP contribution >= 0.6 is 0 Å². The van der Waals surface area contributed by atoms with E-state index in [2.05, 4.69) is 4.98 Å². The zero-order chi connectivity index (χ0) is 20.9. The van der Waals surface area contributed by atoms with Gasteiger partial charge in [0.1, 0.15) is 18.2 Å². The van der Waals surface area contributed by atoms with E-state index in [-0.39, 0.29) is 28.3 Å². The summed E-state index contributed by atoms with van der Waals surface area (Å²) in [6.45, 7) is 1.24. The summed E-state index contributed by atoms with van der Waals surface area (Å²) >= 11 is 0. The van der Waals surface area contributed by atoms with Gasteiger partial charge in [-0.15, -0.1) is 0 Å². The Hall–Kier alpha value is -3.10. The third-order valence-electron chi connectivity index (χ3n) is 4.96. The number of benzene rings is 1. The molecule has 1 fully saturated rings. The Kier molecular flexibility index (Phi) is 4.48. The number of carboxylic acids is 1. The van der Waals surface area contributed by atoms with Crippen LogP contribution in [-0.2, 0) is 6.61 Å². The molecule has 0 aliphatic heterocycles. The van der Waals surface area contributed by atoms with Crippen molar-refractivity contribution >= 4 is 11.6 Å². The quantitative estimate of drug-likeness (QED) is 0.621. The molecule has 0 radical (unpaired) electrons. The number of aryl methyl sites for hydroxylation is 1. The molecular formula is C20H16F4N2O3. The second-order valence-electron chi connectivity index (χ2n) is 7.18. The van der Waals surface area contributed by atoms with E-state index in [1.54, 1.807) is 13.0 Å². The summed E-state index contributed by atoms with van der Waals surface area (Å²) in [5, 5.41) is 9.63. The number of halogens is 4. The van der Waals surface area contributed by atoms with Crippen molar-refractivity contribution in [3.8, 4) is 5.75 Å². The van der Waals surface area contributed by atoms with Crippen molar-refractivity contribution in [1.29, 1.82) is 0 Å². The molecular weight excluding hydrogens is 392 g/mol. The van der Waals surface area contributed by atoms with E-state index in [1.807, 2.05) is 0 Å². The number of aromatic carboxylic acids is 1. The van der Waals surface area contributed by atoms with Gasteiger partial charge in [0.05, 0.1) is 11.3 Å². The Morgan fingerprint density at radius 3 is 2.55 bits per heavy atom. The monoisotopic (exact) mass is 408 g/mol. The standard InChI is InChI=1S/C20H16F4N2O3/c1-10-5-15(29-9-12-13(21)3-2-4-14(12)22)18-25-16(11-6-20(23,24)7-11)17(19(27)28)26(18)8-10/h2-5,8,11H,6-7,9H2,1H3,(H,27,28). The molecule has 29 heavy (non-hydrogen) atoms. The first-order valence-corrected chi connectivity index (χ1v) is 8.85. The molecule has 2 aromatic heterocycles. The number of nitrogens with zero attached hydrogens (tertiary/aromatic N) is 2. The van der Waals surface area contributed by atoms with Crippen molar-refractivity contribution in [2.45, 2.75) is 38.2 Å². The Morgan fingerprint density at radius 1 is 1.31 bits per heavy atom. The van der Waals surface area contributed by atoms with Crippen molar-refractivity contribution in [3.05, 3.63) is 64.6 Å². The number of rotatable bonds is 5. The Labute approximate surface area is 162 Å². The van der Waals surface area contributed by atoms with Crippen molar-refractivity contribution < 1.29 is 32.2 Å². The normalized spacial score (nSPS) is 16.0. The molecule has 0 amide bonds. The highest BCUT2D eigenvalue weighted by atomic mass is 19.3. The molecule has 9 heteroatoms. The highest BCUT2D eigenvalue weighted by Crippen LogP contribution is 2.49. The van der Waals surface area contributed by atoms with E-state index in [0.29, 0.717) is 5.56 Å². The number of carboxylic acid groups (broad SMARTS) is 1. The number of alkyl halides is 2. The lowest BCUT2D eigenvalue weighted by molar-refractivity contribution is -0.0877. The SMILES string of the molecule is Cc1cc(OCc2c(F)cccc2F)c2nc(C3CC(F)(F)C3)c(C(=O)O)n2c1. The number of fused-ring (bicyclic) bond motifs is 1. The molecule has 5 nitrogen and oxygen atoms in total. The topological polar surface area (TPSA) is 63.8 Å². The third kappa shape index (κ3) is 3.41. The fourth-order valence-corrected chi connectivity index (χ4v) is 3.54. The van der Waals surface area contributed by atoms with Gasteiger partial charge in [-0.25, -0.2) is 27.3 Å². The van der Waals surface area contributed by atoms with Crippen LogP contribution in [0.2, 0.25) is 0 Å². The fourth-order valence-electron chi connectivity index (χ4n) is 3.54. The fraction of sp³-hybridized carbons (Fsp3) is 0.300. The average Bonchev–Trinajstić information content (AvgIpc) is 2.98. The van der Waals surface area contributed by atoms with Crippen LogP contribution in [0.25, 0.3) is 5.65 Å². The van der Waals surface area contributed by atoms with Gasteiger partial charge in [-0.3, -0.25) is 4.40 Å². The summed E-state index contributed by atoms with van der Waals surface area (Å²) in [4.78, 5) is 16.1. The maximum Gasteiger partial charge on any atom is 0.354 e. The van der Waals surface area contributed by atoms with Crippen molar-refractivity contribution in [1.82, 2.24) is 9.38 Å². The van der Waals surface area contributed by atoms with Crippen molar-refractivity contribution in [2.75, 3.05) is 0 Å². The summed E-state index contributed by atoms with van der Waals surface area (Å²) in [7, 11) is 0. The molecule has 152 valence electrons. The molecule has 0 bridgehead atoms. The zero-order valence-corrected chi connectivity index (χ0v) is 15.3. The highest BCUT2D eigenvalue weighted by Gasteiger charge is 2.48. The minimum absolute atomic E-state index is 0.0518. The number of hydrogen-bond donors (Lipinski definition) is 1. The van der Waals surface area contributed by atoms with Gasteiger partial charge >= 0.3 is 5.97 Å². The molecule has 1 aliphatic rings. The molecule has 0 atom stereocenters. The number of ether oxygens (including phenoxy) is 1. The molecule has 1 aromatic carbocycles. The predicted octanol–water partition coefficient (Wildman–Crippen LogP) is 4.71. The van der Waals surface area contributed by atoms with Crippen LogP contribution in [0, 0.1) is 18.6 Å². The Morgan fingerprint density at radius 2 is 1.97 bits per heavy atom. The van der Waals surface area contributed by atoms with Gasteiger partial charge in [0.15, 0.2) is 17.1 Å². The van der Waals surface area contributed by atoms with Crippen LogP contribution in [0.4, 0.5) is 17.6 Å². The van der Waals surface area contributed by atoms with Crippen LogP contribution in [-0.4, -0.2) is 26.4 Å². The second kappa shape index (κ2) is 6.75. The van der Waals surface area contributed by atoms with E-state index in [9.17, 15) is 27.5 Å². The van der Waals surface area contributed by atoms with Gasteiger partial charge in [-0.2, -0.15) is 0 Å². The third-order valence-corrected chi connectivity index (χ3v) is 4.96. The molecule has 3 aromatic rings. The van der Waals surface area contributed by atoms with Gasteiger partial charge < -0.3 is 9.84 Å². The minimum atomic E-state index is -2.84. The molecule has 4 rings (SSSR count). The van der Waals surface area contributed by atoms with Crippen LogP contribution < -0.4 is 4.74 Å². The van der Waals surface area contributed by atoms with Crippen LogP contribution in [0.1, 0.15) is 46.1 Å². The van der Waals surface area contributed by atoms with Gasteiger partial charge in [-0.1, -0.05) is 6.07 Å². The number of pyridine rings is 1. The summed E-state index contributed by atoms with van der Waals surface area (Å²) in [6.07, 6.45) is 0.544. The first-order chi connectivity index (χ1) is 13.7. The lowest BCUT2D eigenvalue weighted by Gasteiger charge is -2.34. The van der Waals surface area contributed by atoms with Crippen LogP contribution in [0.15, 0.2) is 30.5 Å². The van der Waals surface area contributed by atoms with E-state index in [0.717, 1.165) is 12.1 Å². The summed E-state index contributed by atoms with van der Waals surface area (Å²) in [5.74, 6) is -6.28. The smallest absolute Gasteiger partial charge is 0.354 e. The molecule has 2 heterocycles. The van der Waals surface area contributed by atoms with E-state index in [4.69, 9.17) is 4.74 Å².